The SMILES string of the molecule is CC(C)NC(=O)c1ccc(OC[C@@H]2CCCN(C(=O)c3ccc(F)cc3)C2)cc1. The van der Waals surface area contributed by atoms with Crippen LogP contribution in [0.25, 0.3) is 0 Å². The summed E-state index contributed by atoms with van der Waals surface area (Å²) >= 11 is 0. The van der Waals surface area contributed by atoms with Gasteiger partial charge in [-0.15, -0.1) is 0 Å². The number of amides is 2. The van der Waals surface area contributed by atoms with Gasteiger partial charge in [-0.1, -0.05) is 0 Å². The summed E-state index contributed by atoms with van der Waals surface area (Å²) in [5.41, 5.74) is 1.10. The van der Waals surface area contributed by atoms with Gasteiger partial charge < -0.3 is 15.0 Å². The molecule has 0 bridgehead atoms. The molecule has 2 aromatic carbocycles. The van der Waals surface area contributed by atoms with Crippen LogP contribution < -0.4 is 10.1 Å². The van der Waals surface area contributed by atoms with Gasteiger partial charge in [-0.3, -0.25) is 9.59 Å². The van der Waals surface area contributed by atoms with Crippen LogP contribution in [0.2, 0.25) is 0 Å². The largest absolute Gasteiger partial charge is 0.493 e. The van der Waals surface area contributed by atoms with E-state index < -0.39 is 0 Å². The number of hydrogen-bond acceptors (Lipinski definition) is 3. The predicted molar refractivity (Wildman–Crippen MR) is 110 cm³/mol. The van der Waals surface area contributed by atoms with Gasteiger partial charge in [0, 0.05) is 36.2 Å². The quantitative estimate of drug-likeness (QED) is 0.803. The minimum Gasteiger partial charge on any atom is -0.493 e. The summed E-state index contributed by atoms with van der Waals surface area (Å²) in [6, 6.07) is 12.8. The fourth-order valence-corrected chi connectivity index (χ4v) is 3.42. The van der Waals surface area contributed by atoms with Crippen molar-refractivity contribution in [2.75, 3.05) is 19.7 Å². The number of halogens is 1. The molecule has 1 saturated heterocycles. The van der Waals surface area contributed by atoms with Gasteiger partial charge >= 0.3 is 0 Å². The van der Waals surface area contributed by atoms with Crippen LogP contribution in [0.1, 0.15) is 47.4 Å². The third-order valence-electron chi connectivity index (χ3n) is 4.92. The highest BCUT2D eigenvalue weighted by Gasteiger charge is 2.25. The van der Waals surface area contributed by atoms with Crippen molar-refractivity contribution in [2.45, 2.75) is 32.7 Å². The lowest BCUT2D eigenvalue weighted by Gasteiger charge is -2.32. The Morgan fingerprint density at radius 3 is 2.41 bits per heavy atom. The van der Waals surface area contributed by atoms with E-state index in [9.17, 15) is 14.0 Å². The van der Waals surface area contributed by atoms with Gasteiger partial charge in [-0.25, -0.2) is 4.39 Å². The Hall–Kier alpha value is -2.89. The Kier molecular flexibility index (Phi) is 6.86. The number of nitrogens with zero attached hydrogens (tertiary/aromatic N) is 1. The first-order valence-corrected chi connectivity index (χ1v) is 10.0. The molecule has 0 aromatic heterocycles. The number of rotatable bonds is 6. The highest BCUT2D eigenvalue weighted by atomic mass is 19.1. The number of benzene rings is 2. The molecule has 0 spiro atoms. The first-order chi connectivity index (χ1) is 13.9. The van der Waals surface area contributed by atoms with E-state index in [1.165, 1.54) is 24.3 Å². The molecular formula is C23H27FN2O3. The molecule has 2 amide bonds. The molecule has 0 unspecified atom stereocenters. The van der Waals surface area contributed by atoms with Crippen LogP contribution in [0, 0.1) is 11.7 Å². The smallest absolute Gasteiger partial charge is 0.253 e. The van der Waals surface area contributed by atoms with Gasteiger partial charge in [0.2, 0.25) is 0 Å². The minimum atomic E-state index is -0.348. The second-order valence-corrected chi connectivity index (χ2v) is 7.73. The van der Waals surface area contributed by atoms with Crippen molar-refractivity contribution in [1.29, 1.82) is 0 Å². The molecule has 0 saturated carbocycles. The van der Waals surface area contributed by atoms with E-state index in [-0.39, 0.29) is 29.6 Å². The highest BCUT2D eigenvalue weighted by Crippen LogP contribution is 2.21. The Bertz CT molecular complexity index is 834. The molecule has 1 aliphatic heterocycles. The number of nitrogens with one attached hydrogen (secondary N) is 1. The number of ether oxygens (including phenoxy) is 1. The molecule has 1 fully saturated rings. The van der Waals surface area contributed by atoms with E-state index in [1.54, 1.807) is 24.3 Å². The summed E-state index contributed by atoms with van der Waals surface area (Å²) in [6.07, 6.45) is 1.90. The summed E-state index contributed by atoms with van der Waals surface area (Å²) in [5, 5.41) is 2.86. The zero-order valence-corrected chi connectivity index (χ0v) is 16.9. The molecule has 0 radical (unpaired) electrons. The predicted octanol–water partition coefficient (Wildman–Crippen LogP) is 3.90. The second kappa shape index (κ2) is 9.54. The van der Waals surface area contributed by atoms with Gasteiger partial charge in [0.05, 0.1) is 6.61 Å². The molecule has 3 rings (SSSR count). The van der Waals surface area contributed by atoms with E-state index in [0.717, 1.165) is 12.8 Å². The van der Waals surface area contributed by atoms with Gasteiger partial charge in [0.15, 0.2) is 0 Å². The molecule has 154 valence electrons. The number of carbonyl (C=O) groups excluding carboxylic acids is 2. The van der Waals surface area contributed by atoms with Crippen LogP contribution in [0.3, 0.4) is 0 Å². The highest BCUT2D eigenvalue weighted by molar-refractivity contribution is 5.94. The van der Waals surface area contributed by atoms with Crippen molar-refractivity contribution < 1.29 is 18.7 Å². The number of hydrogen-bond donors (Lipinski definition) is 1. The monoisotopic (exact) mass is 398 g/mol. The van der Waals surface area contributed by atoms with E-state index in [2.05, 4.69) is 5.32 Å². The second-order valence-electron chi connectivity index (χ2n) is 7.73. The summed E-state index contributed by atoms with van der Waals surface area (Å²) in [5.74, 6) is 0.410. The minimum absolute atomic E-state index is 0.0739. The Morgan fingerprint density at radius 2 is 1.76 bits per heavy atom. The van der Waals surface area contributed by atoms with Crippen molar-refractivity contribution in [3.05, 3.63) is 65.5 Å². The summed E-state index contributed by atoms with van der Waals surface area (Å²) < 4.78 is 19.0. The van der Waals surface area contributed by atoms with Crippen molar-refractivity contribution >= 4 is 11.8 Å². The van der Waals surface area contributed by atoms with Crippen molar-refractivity contribution in [1.82, 2.24) is 10.2 Å². The molecule has 0 aliphatic carbocycles. The fraction of sp³-hybridized carbons (Fsp3) is 0.391. The van der Waals surface area contributed by atoms with Crippen LogP contribution in [0.4, 0.5) is 4.39 Å². The third-order valence-corrected chi connectivity index (χ3v) is 4.92. The van der Waals surface area contributed by atoms with E-state index in [0.29, 0.717) is 36.6 Å². The van der Waals surface area contributed by atoms with Crippen LogP contribution in [-0.2, 0) is 0 Å². The molecule has 5 nitrogen and oxygen atoms in total. The van der Waals surface area contributed by atoms with Gasteiger partial charge in [0.1, 0.15) is 11.6 Å². The Labute approximate surface area is 170 Å². The Balaban J connectivity index is 1.52. The lowest BCUT2D eigenvalue weighted by molar-refractivity contribution is 0.0633. The maximum absolute atomic E-state index is 13.1. The van der Waals surface area contributed by atoms with Crippen molar-refractivity contribution in [2.24, 2.45) is 5.92 Å². The van der Waals surface area contributed by atoms with E-state index >= 15 is 0 Å². The zero-order chi connectivity index (χ0) is 20.8. The van der Waals surface area contributed by atoms with Crippen molar-refractivity contribution in [3.8, 4) is 5.75 Å². The van der Waals surface area contributed by atoms with Gasteiger partial charge in [0.25, 0.3) is 11.8 Å². The maximum atomic E-state index is 13.1. The first kappa shape index (κ1) is 20.8. The molecule has 2 aromatic rings. The molecule has 1 atom stereocenters. The van der Waals surface area contributed by atoms with Crippen LogP contribution in [0.5, 0.6) is 5.75 Å². The summed E-state index contributed by atoms with van der Waals surface area (Å²) in [6.45, 7) is 5.66. The van der Waals surface area contributed by atoms with Crippen LogP contribution >= 0.6 is 0 Å². The average Bonchev–Trinajstić information content (AvgIpc) is 2.72. The lowest BCUT2D eigenvalue weighted by atomic mass is 9.98. The average molecular weight is 398 g/mol. The molecule has 1 N–H and O–H groups in total. The van der Waals surface area contributed by atoms with Crippen LogP contribution in [-0.4, -0.2) is 42.5 Å². The maximum Gasteiger partial charge on any atom is 0.253 e. The van der Waals surface area contributed by atoms with E-state index in [4.69, 9.17) is 4.74 Å². The van der Waals surface area contributed by atoms with Crippen molar-refractivity contribution in [3.63, 3.8) is 0 Å². The summed E-state index contributed by atoms with van der Waals surface area (Å²) in [4.78, 5) is 26.4. The first-order valence-electron chi connectivity index (χ1n) is 10.0. The normalized spacial score (nSPS) is 16.6. The van der Waals surface area contributed by atoms with Crippen LogP contribution in [0.15, 0.2) is 48.5 Å². The summed E-state index contributed by atoms with van der Waals surface area (Å²) in [7, 11) is 0. The Morgan fingerprint density at radius 1 is 1.10 bits per heavy atom. The zero-order valence-electron chi connectivity index (χ0n) is 16.9. The molecular weight excluding hydrogens is 371 g/mol. The third kappa shape index (κ3) is 5.79. The standard InChI is InChI=1S/C23H27FN2O3/c1-16(2)25-22(27)18-7-11-21(12-8-18)29-15-17-4-3-13-26(14-17)23(28)19-5-9-20(24)10-6-19/h5-12,16-17H,3-4,13-15H2,1-2H3,(H,25,27)/t17-/m1/s1. The fourth-order valence-electron chi connectivity index (χ4n) is 3.42. The van der Waals surface area contributed by atoms with E-state index in [1.807, 2.05) is 18.7 Å². The molecule has 6 heteroatoms. The number of piperidine rings is 1. The molecule has 1 heterocycles. The topological polar surface area (TPSA) is 58.6 Å². The van der Waals surface area contributed by atoms with Gasteiger partial charge in [-0.2, -0.15) is 0 Å². The number of carbonyl (C=O) groups is 2. The molecule has 1 aliphatic rings. The lowest BCUT2D eigenvalue weighted by Crippen LogP contribution is -2.41. The van der Waals surface area contributed by atoms with Gasteiger partial charge in [-0.05, 0) is 75.2 Å². The molecule has 29 heavy (non-hydrogen) atoms. The number of likely N-dealkylation sites (tertiary alicyclic amines) is 1.